The molecule has 1 atom stereocenters. The van der Waals surface area contributed by atoms with E-state index in [2.05, 4.69) is 16.9 Å². The lowest BCUT2D eigenvalue weighted by Crippen LogP contribution is -2.33. The molecule has 0 spiro atoms. The topological polar surface area (TPSA) is 99.1 Å². The number of anilines is 1. The summed E-state index contributed by atoms with van der Waals surface area (Å²) in [4.78, 5) is 31.4. The van der Waals surface area contributed by atoms with Crippen LogP contribution in [-0.2, 0) is 19.6 Å². The summed E-state index contributed by atoms with van der Waals surface area (Å²) in [7, 11) is -0.707. The quantitative estimate of drug-likeness (QED) is 0.595. The van der Waals surface area contributed by atoms with E-state index in [4.69, 9.17) is 0 Å². The first-order chi connectivity index (χ1) is 15.2. The number of para-hydroxylation sites is 1. The van der Waals surface area contributed by atoms with E-state index in [1.807, 2.05) is 18.2 Å². The van der Waals surface area contributed by atoms with Crippen molar-refractivity contribution in [2.75, 3.05) is 26.0 Å². The second-order valence-corrected chi connectivity index (χ2v) is 10.5. The zero-order valence-electron chi connectivity index (χ0n) is 17.8. The van der Waals surface area contributed by atoms with Crippen molar-refractivity contribution >= 4 is 50.1 Å². The second kappa shape index (κ2) is 10.1. The number of amidine groups is 1. The number of rotatable bonds is 8. The van der Waals surface area contributed by atoms with E-state index in [9.17, 15) is 18.0 Å². The molecule has 1 N–H and O–H groups in total. The van der Waals surface area contributed by atoms with Crippen molar-refractivity contribution in [2.24, 2.45) is 4.99 Å². The largest absolute Gasteiger partial charge is 0.326 e. The van der Waals surface area contributed by atoms with Crippen molar-refractivity contribution in [3.63, 3.8) is 0 Å². The van der Waals surface area contributed by atoms with E-state index in [-0.39, 0.29) is 29.7 Å². The minimum absolute atomic E-state index is 0.0138. The summed E-state index contributed by atoms with van der Waals surface area (Å²) >= 11 is 1.18. The van der Waals surface area contributed by atoms with Crippen LogP contribution >= 0.6 is 11.8 Å². The fourth-order valence-corrected chi connectivity index (χ4v) is 5.07. The Bertz CT molecular complexity index is 1150. The number of thioether (sulfide) groups is 1. The third kappa shape index (κ3) is 5.45. The number of carbonyl (C=O) groups excluding carboxylic acids is 2. The number of benzene rings is 2. The maximum atomic E-state index is 12.9. The Labute approximate surface area is 192 Å². The van der Waals surface area contributed by atoms with Gasteiger partial charge in [0, 0.05) is 32.7 Å². The predicted octanol–water partition coefficient (Wildman–Crippen LogP) is 3.08. The molecule has 2 amide bonds. The summed E-state index contributed by atoms with van der Waals surface area (Å²) in [6.45, 7) is 3.92. The van der Waals surface area contributed by atoms with Crippen molar-refractivity contribution < 1.29 is 18.0 Å². The maximum Gasteiger partial charge on any atom is 0.242 e. The molecule has 2 aromatic carbocycles. The molecule has 0 bridgehead atoms. The van der Waals surface area contributed by atoms with E-state index in [0.717, 1.165) is 4.31 Å². The third-order valence-corrected chi connectivity index (χ3v) is 7.57. The van der Waals surface area contributed by atoms with Gasteiger partial charge in [0.05, 0.1) is 10.6 Å². The zero-order chi connectivity index (χ0) is 23.3. The molecule has 1 aliphatic rings. The summed E-state index contributed by atoms with van der Waals surface area (Å²) in [5.41, 5.74) is 1.05. The monoisotopic (exact) mass is 472 g/mol. The summed E-state index contributed by atoms with van der Waals surface area (Å²) in [5, 5.41) is 2.54. The van der Waals surface area contributed by atoms with Crippen LogP contribution in [0.2, 0.25) is 0 Å². The van der Waals surface area contributed by atoms with Crippen molar-refractivity contribution in [3.05, 3.63) is 67.3 Å². The molecular formula is C22H24N4O4S2. The fraction of sp³-hybridized carbons (Fsp3) is 0.227. The first kappa shape index (κ1) is 23.7. The van der Waals surface area contributed by atoms with Gasteiger partial charge in [-0.25, -0.2) is 17.7 Å². The third-order valence-electron chi connectivity index (χ3n) is 4.58. The Morgan fingerprint density at radius 2 is 1.94 bits per heavy atom. The van der Waals surface area contributed by atoms with Crippen molar-refractivity contribution in [3.8, 4) is 0 Å². The first-order valence-corrected chi connectivity index (χ1v) is 12.1. The number of aliphatic imine (C=N–C) groups is 1. The van der Waals surface area contributed by atoms with Crippen LogP contribution in [0.5, 0.6) is 0 Å². The molecule has 8 nitrogen and oxygen atoms in total. The van der Waals surface area contributed by atoms with E-state index in [1.165, 1.54) is 42.9 Å². The highest BCUT2D eigenvalue weighted by Crippen LogP contribution is 2.32. The molecule has 3 rings (SSSR count). The minimum atomic E-state index is -3.62. The van der Waals surface area contributed by atoms with Crippen LogP contribution in [0.1, 0.15) is 6.42 Å². The number of nitrogens with one attached hydrogen (secondary N) is 1. The van der Waals surface area contributed by atoms with Gasteiger partial charge in [-0.05, 0) is 30.3 Å². The SMILES string of the molecule is C=CCN1C(=O)C(CC(=O)Nc2ccccc2)SC1=Nc1cccc(S(=O)(=O)N(C)C)c1. The van der Waals surface area contributed by atoms with Crippen LogP contribution in [0.15, 0.2) is 77.1 Å². The average Bonchev–Trinajstić information content (AvgIpc) is 3.03. The van der Waals surface area contributed by atoms with Crippen LogP contribution < -0.4 is 5.32 Å². The minimum Gasteiger partial charge on any atom is -0.326 e. The summed E-state index contributed by atoms with van der Waals surface area (Å²) in [6.07, 6.45) is 1.56. The van der Waals surface area contributed by atoms with E-state index >= 15 is 0 Å². The standard InChI is InChI=1S/C22H24N4O4S2/c1-4-13-26-21(28)19(15-20(27)23-16-9-6-5-7-10-16)31-22(26)24-17-11-8-12-18(14-17)32(29,30)25(2)3/h4-12,14,19H,1,13,15H2,2-3H3,(H,23,27). The van der Waals surface area contributed by atoms with Gasteiger partial charge in [0.25, 0.3) is 0 Å². The zero-order valence-corrected chi connectivity index (χ0v) is 19.4. The molecule has 0 aromatic heterocycles. The molecule has 10 heteroatoms. The van der Waals surface area contributed by atoms with Gasteiger partial charge in [0.1, 0.15) is 5.25 Å². The Morgan fingerprint density at radius 1 is 1.22 bits per heavy atom. The Hall–Kier alpha value is -2.95. The second-order valence-electron chi connectivity index (χ2n) is 7.14. The molecule has 32 heavy (non-hydrogen) atoms. The fourth-order valence-electron chi connectivity index (χ4n) is 2.96. The van der Waals surface area contributed by atoms with Crippen LogP contribution in [0.25, 0.3) is 0 Å². The molecule has 0 aliphatic carbocycles. The van der Waals surface area contributed by atoms with Crippen LogP contribution in [0.3, 0.4) is 0 Å². The summed E-state index contributed by atoms with van der Waals surface area (Å²) in [5.74, 6) is -0.519. The molecule has 1 aliphatic heterocycles. The van der Waals surface area contributed by atoms with Gasteiger partial charge in [0.2, 0.25) is 21.8 Å². The van der Waals surface area contributed by atoms with E-state index < -0.39 is 15.3 Å². The number of amides is 2. The number of hydrogen-bond donors (Lipinski definition) is 1. The Morgan fingerprint density at radius 3 is 2.59 bits per heavy atom. The molecule has 1 unspecified atom stereocenters. The molecule has 1 saturated heterocycles. The summed E-state index contributed by atoms with van der Waals surface area (Å²) < 4.78 is 26.0. The molecule has 168 valence electrons. The highest BCUT2D eigenvalue weighted by atomic mass is 32.2. The van der Waals surface area contributed by atoms with E-state index in [0.29, 0.717) is 16.5 Å². The van der Waals surface area contributed by atoms with Crippen LogP contribution in [0.4, 0.5) is 11.4 Å². The molecule has 0 radical (unpaired) electrons. The number of hydrogen-bond acceptors (Lipinski definition) is 6. The molecular weight excluding hydrogens is 448 g/mol. The van der Waals surface area contributed by atoms with Gasteiger partial charge in [-0.2, -0.15) is 0 Å². The smallest absolute Gasteiger partial charge is 0.242 e. The number of carbonyl (C=O) groups is 2. The van der Waals surface area contributed by atoms with Crippen molar-refractivity contribution in [1.29, 1.82) is 0 Å². The maximum absolute atomic E-state index is 12.9. The lowest BCUT2D eigenvalue weighted by molar-refractivity contribution is -0.127. The molecule has 1 fully saturated rings. The molecule has 0 saturated carbocycles. The average molecular weight is 473 g/mol. The normalized spacial score (nSPS) is 17.7. The van der Waals surface area contributed by atoms with Gasteiger partial charge in [0.15, 0.2) is 5.17 Å². The number of sulfonamides is 1. The van der Waals surface area contributed by atoms with Gasteiger partial charge in [-0.15, -0.1) is 6.58 Å². The highest BCUT2D eigenvalue weighted by Gasteiger charge is 2.38. The van der Waals surface area contributed by atoms with Crippen molar-refractivity contribution in [1.82, 2.24) is 9.21 Å². The predicted molar refractivity (Wildman–Crippen MR) is 127 cm³/mol. The van der Waals surface area contributed by atoms with E-state index in [1.54, 1.807) is 30.3 Å². The van der Waals surface area contributed by atoms with Crippen LogP contribution in [-0.4, -0.2) is 60.5 Å². The number of nitrogens with zero attached hydrogens (tertiary/aromatic N) is 3. The molecule has 1 heterocycles. The van der Waals surface area contributed by atoms with Gasteiger partial charge in [-0.1, -0.05) is 42.1 Å². The Balaban J connectivity index is 1.82. The molecule has 2 aromatic rings. The van der Waals surface area contributed by atoms with Crippen molar-refractivity contribution in [2.45, 2.75) is 16.6 Å². The van der Waals surface area contributed by atoms with Gasteiger partial charge < -0.3 is 5.32 Å². The Kier molecular flexibility index (Phi) is 7.49. The van der Waals surface area contributed by atoms with Gasteiger partial charge >= 0.3 is 0 Å². The lowest BCUT2D eigenvalue weighted by atomic mass is 10.2. The summed E-state index contributed by atoms with van der Waals surface area (Å²) in [6, 6.07) is 15.2. The first-order valence-electron chi connectivity index (χ1n) is 9.77. The van der Waals surface area contributed by atoms with Gasteiger partial charge in [-0.3, -0.25) is 14.5 Å². The van der Waals surface area contributed by atoms with Crippen LogP contribution in [0, 0.1) is 0 Å². The highest BCUT2D eigenvalue weighted by molar-refractivity contribution is 8.15. The lowest BCUT2D eigenvalue weighted by Gasteiger charge is -2.14.